The number of halogens is 2. The second-order valence-corrected chi connectivity index (χ2v) is 6.60. The average Bonchev–Trinajstić information content (AvgIpc) is 2.72. The Morgan fingerprint density at radius 1 is 1.40 bits per heavy atom. The molecule has 0 bridgehead atoms. The van der Waals surface area contributed by atoms with Crippen molar-refractivity contribution < 1.29 is 4.39 Å². The topological polar surface area (TPSA) is 24.9 Å². The third-order valence-corrected chi connectivity index (χ3v) is 4.51. The van der Waals surface area contributed by atoms with Gasteiger partial charge in [-0.15, -0.1) is 11.3 Å². The van der Waals surface area contributed by atoms with E-state index in [-0.39, 0.29) is 5.82 Å². The maximum absolute atomic E-state index is 13.8. The molecule has 2 rings (SSSR count). The van der Waals surface area contributed by atoms with Gasteiger partial charge in [0.2, 0.25) is 0 Å². The highest BCUT2D eigenvalue weighted by molar-refractivity contribution is 7.11. The minimum absolute atomic E-state index is 0.271. The predicted molar refractivity (Wildman–Crippen MR) is 83.0 cm³/mol. The number of aryl methyl sites for hydroxylation is 1. The van der Waals surface area contributed by atoms with Gasteiger partial charge < -0.3 is 5.32 Å². The molecule has 2 nitrogen and oxygen atoms in total. The summed E-state index contributed by atoms with van der Waals surface area (Å²) < 4.78 is 13.8. The lowest BCUT2D eigenvalue weighted by Crippen LogP contribution is -2.21. The van der Waals surface area contributed by atoms with Crippen LogP contribution in [0.25, 0.3) is 0 Å². The Morgan fingerprint density at radius 2 is 2.15 bits per heavy atom. The van der Waals surface area contributed by atoms with Gasteiger partial charge in [0.05, 0.1) is 10.7 Å². The molecule has 1 aromatic heterocycles. The third kappa shape index (κ3) is 3.78. The summed E-state index contributed by atoms with van der Waals surface area (Å²) in [6, 6.07) is 5.19. The van der Waals surface area contributed by atoms with Crippen LogP contribution in [-0.4, -0.2) is 11.0 Å². The van der Waals surface area contributed by atoms with Crippen LogP contribution in [0.4, 0.5) is 4.39 Å². The molecule has 1 heterocycles. The molecule has 0 aliphatic heterocycles. The fourth-order valence-electron chi connectivity index (χ4n) is 1.88. The maximum Gasteiger partial charge on any atom is 0.128 e. The van der Waals surface area contributed by atoms with Gasteiger partial charge in [0.25, 0.3) is 0 Å². The molecule has 0 amide bonds. The first-order chi connectivity index (χ1) is 9.47. The van der Waals surface area contributed by atoms with Gasteiger partial charge in [-0.2, -0.15) is 0 Å². The van der Waals surface area contributed by atoms with Crippen molar-refractivity contribution in [1.29, 1.82) is 0 Å². The molecular weight excluding hydrogens is 295 g/mol. The molecule has 20 heavy (non-hydrogen) atoms. The molecule has 0 radical (unpaired) electrons. The molecule has 0 aliphatic rings. The monoisotopic (exact) mass is 312 g/mol. The zero-order valence-electron chi connectivity index (χ0n) is 11.8. The van der Waals surface area contributed by atoms with E-state index in [1.54, 1.807) is 23.5 Å². The smallest absolute Gasteiger partial charge is 0.128 e. The zero-order valence-corrected chi connectivity index (χ0v) is 13.4. The van der Waals surface area contributed by atoms with Crippen LogP contribution in [-0.2, 0) is 13.0 Å². The summed E-state index contributed by atoms with van der Waals surface area (Å²) in [5.41, 5.74) is 1.52. The van der Waals surface area contributed by atoms with Crippen LogP contribution in [0.3, 0.4) is 0 Å². The van der Waals surface area contributed by atoms with E-state index in [0.717, 1.165) is 17.2 Å². The summed E-state index contributed by atoms with van der Waals surface area (Å²) in [4.78, 5) is 5.71. The molecule has 5 heteroatoms. The quantitative estimate of drug-likeness (QED) is 0.888. The summed E-state index contributed by atoms with van der Waals surface area (Å²) in [6.07, 6.45) is 0.443. The fraction of sp³-hybridized carbons (Fsp3) is 0.400. The van der Waals surface area contributed by atoms with E-state index in [2.05, 4.69) is 24.1 Å². The first kappa shape index (κ1) is 15.4. The van der Waals surface area contributed by atoms with Crippen molar-refractivity contribution in [2.45, 2.75) is 39.8 Å². The molecule has 0 atom stereocenters. The third-order valence-electron chi connectivity index (χ3n) is 3.00. The number of aromatic nitrogens is 1. The highest BCUT2D eigenvalue weighted by atomic mass is 35.5. The molecular formula is C15H18ClFN2S. The maximum atomic E-state index is 13.8. The van der Waals surface area contributed by atoms with Gasteiger partial charge in [-0.1, -0.05) is 31.5 Å². The van der Waals surface area contributed by atoms with E-state index < -0.39 is 0 Å². The Kier molecular flexibility index (Phi) is 5.13. The van der Waals surface area contributed by atoms with Crippen LogP contribution < -0.4 is 5.32 Å². The number of benzene rings is 1. The van der Waals surface area contributed by atoms with Crippen LogP contribution in [0.15, 0.2) is 18.2 Å². The van der Waals surface area contributed by atoms with Crippen LogP contribution >= 0.6 is 22.9 Å². The van der Waals surface area contributed by atoms with Crippen LogP contribution in [0.2, 0.25) is 5.02 Å². The van der Waals surface area contributed by atoms with E-state index in [0.29, 0.717) is 23.0 Å². The molecule has 108 valence electrons. The standard InChI is InChI=1S/C15H18ClFN2S/c1-9(2)18-8-14-10(3)19-15(20-14)7-11-12(16)5-4-6-13(11)17/h4-6,9,18H,7-8H2,1-3H3. The largest absolute Gasteiger partial charge is 0.310 e. The highest BCUT2D eigenvalue weighted by Crippen LogP contribution is 2.26. The molecule has 0 saturated carbocycles. The summed E-state index contributed by atoms with van der Waals surface area (Å²) in [5, 5.41) is 4.73. The van der Waals surface area contributed by atoms with E-state index >= 15 is 0 Å². The Labute approximate surface area is 128 Å². The minimum atomic E-state index is -0.271. The van der Waals surface area contributed by atoms with Gasteiger partial charge in [-0.05, 0) is 19.1 Å². The number of rotatable bonds is 5. The van der Waals surface area contributed by atoms with E-state index in [1.165, 1.54) is 10.9 Å². The summed E-state index contributed by atoms with van der Waals surface area (Å²) >= 11 is 7.67. The Balaban J connectivity index is 2.16. The Morgan fingerprint density at radius 3 is 2.80 bits per heavy atom. The van der Waals surface area contributed by atoms with E-state index in [1.807, 2.05) is 6.92 Å². The van der Waals surface area contributed by atoms with Gasteiger partial charge in [0.15, 0.2) is 0 Å². The summed E-state index contributed by atoms with van der Waals surface area (Å²) in [7, 11) is 0. The first-order valence-corrected chi connectivity index (χ1v) is 7.78. The van der Waals surface area contributed by atoms with Crippen molar-refractivity contribution in [1.82, 2.24) is 10.3 Å². The zero-order chi connectivity index (χ0) is 14.7. The lowest BCUT2D eigenvalue weighted by Gasteiger charge is -2.06. The molecule has 1 aromatic carbocycles. The number of thiazole rings is 1. The molecule has 0 spiro atoms. The summed E-state index contributed by atoms with van der Waals surface area (Å²) in [6.45, 7) is 7.00. The van der Waals surface area contributed by atoms with Crippen molar-refractivity contribution >= 4 is 22.9 Å². The van der Waals surface area contributed by atoms with Crippen LogP contribution in [0.5, 0.6) is 0 Å². The van der Waals surface area contributed by atoms with E-state index in [9.17, 15) is 4.39 Å². The fourth-order valence-corrected chi connectivity index (χ4v) is 3.14. The van der Waals surface area contributed by atoms with Crippen molar-refractivity contribution in [3.05, 3.63) is 50.2 Å². The van der Waals surface area contributed by atoms with Crippen molar-refractivity contribution in [2.75, 3.05) is 0 Å². The predicted octanol–water partition coefficient (Wildman–Crippen LogP) is 4.33. The highest BCUT2D eigenvalue weighted by Gasteiger charge is 2.13. The Bertz CT molecular complexity index is 575. The molecule has 2 aromatic rings. The van der Waals surface area contributed by atoms with Gasteiger partial charge >= 0.3 is 0 Å². The molecule has 0 unspecified atom stereocenters. The number of nitrogens with one attached hydrogen (secondary N) is 1. The van der Waals surface area contributed by atoms with Gasteiger partial charge in [0, 0.05) is 34.5 Å². The van der Waals surface area contributed by atoms with Crippen LogP contribution in [0, 0.1) is 12.7 Å². The minimum Gasteiger partial charge on any atom is -0.310 e. The first-order valence-electron chi connectivity index (χ1n) is 6.59. The normalized spacial score (nSPS) is 11.3. The van der Waals surface area contributed by atoms with Crippen molar-refractivity contribution in [3.63, 3.8) is 0 Å². The second-order valence-electron chi connectivity index (χ2n) is 5.03. The number of nitrogens with zero attached hydrogens (tertiary/aromatic N) is 1. The molecule has 0 saturated heterocycles. The van der Waals surface area contributed by atoms with Gasteiger partial charge in [-0.25, -0.2) is 9.37 Å². The SMILES string of the molecule is Cc1nc(Cc2c(F)cccc2Cl)sc1CNC(C)C. The van der Waals surface area contributed by atoms with Gasteiger partial charge in [-0.3, -0.25) is 0 Å². The Hall–Kier alpha value is -0.970. The van der Waals surface area contributed by atoms with Crippen molar-refractivity contribution in [2.24, 2.45) is 0 Å². The summed E-state index contributed by atoms with van der Waals surface area (Å²) in [5.74, 6) is -0.271. The lowest BCUT2D eigenvalue weighted by atomic mass is 10.1. The number of hydrogen-bond acceptors (Lipinski definition) is 3. The van der Waals surface area contributed by atoms with Gasteiger partial charge in [0.1, 0.15) is 5.82 Å². The molecule has 0 aliphatic carbocycles. The van der Waals surface area contributed by atoms with Crippen molar-refractivity contribution in [3.8, 4) is 0 Å². The lowest BCUT2D eigenvalue weighted by molar-refractivity contribution is 0.591. The van der Waals surface area contributed by atoms with E-state index in [4.69, 9.17) is 11.6 Å². The van der Waals surface area contributed by atoms with Crippen LogP contribution in [0.1, 0.15) is 35.0 Å². The number of hydrogen-bond donors (Lipinski definition) is 1. The average molecular weight is 313 g/mol. The molecule has 0 fully saturated rings. The second kappa shape index (κ2) is 6.66. The molecule has 1 N–H and O–H groups in total.